The van der Waals surface area contributed by atoms with E-state index in [4.69, 9.17) is 4.74 Å². The molecule has 5 nitrogen and oxygen atoms in total. The molecule has 0 bridgehead atoms. The molecule has 1 aromatic carbocycles. The van der Waals surface area contributed by atoms with E-state index < -0.39 is 11.5 Å². The number of aromatic nitrogens is 1. The monoisotopic (exact) mass is 406 g/mol. The molecule has 0 saturated heterocycles. The van der Waals surface area contributed by atoms with Crippen molar-refractivity contribution in [2.24, 2.45) is 0 Å². The first kappa shape index (κ1) is 19.3. The summed E-state index contributed by atoms with van der Waals surface area (Å²) >= 11 is 1.60. The standard InChI is InChI=1S/C23H22N2O3S/c1-3-28-22(27)23(13-12-16-7-4-5-8-18(16)23)25-21(26)17-10-11-19(24-15(17)2)20-9-6-14-29-20/h4-11,14H,3,12-13H2,1-2H3,(H,25,26). The number of esters is 1. The van der Waals surface area contributed by atoms with Crippen LogP contribution in [0.3, 0.4) is 0 Å². The SMILES string of the molecule is CCOC(=O)C1(NC(=O)c2ccc(-c3cccs3)nc2C)CCc2ccccc21. The maximum absolute atomic E-state index is 13.2. The molecule has 148 valence electrons. The van der Waals surface area contributed by atoms with Gasteiger partial charge in [0.1, 0.15) is 0 Å². The number of nitrogens with zero attached hydrogens (tertiary/aromatic N) is 1. The van der Waals surface area contributed by atoms with E-state index in [9.17, 15) is 9.59 Å². The molecule has 2 aromatic heterocycles. The molecular formula is C23H22N2O3S. The average Bonchev–Trinajstić information content (AvgIpc) is 3.37. The molecule has 0 saturated carbocycles. The van der Waals surface area contributed by atoms with Gasteiger partial charge in [0, 0.05) is 0 Å². The highest BCUT2D eigenvalue weighted by Gasteiger charge is 2.48. The topological polar surface area (TPSA) is 68.3 Å². The predicted octanol–water partition coefficient (Wildman–Crippen LogP) is 4.25. The van der Waals surface area contributed by atoms with Crippen molar-refractivity contribution >= 4 is 23.2 Å². The number of carbonyl (C=O) groups excluding carboxylic acids is 2. The second-order valence-corrected chi connectivity index (χ2v) is 7.99. The largest absolute Gasteiger partial charge is 0.464 e. The summed E-state index contributed by atoms with van der Waals surface area (Å²) in [4.78, 5) is 31.8. The van der Waals surface area contributed by atoms with Crippen LogP contribution >= 0.6 is 11.3 Å². The molecule has 1 N–H and O–H groups in total. The van der Waals surface area contributed by atoms with E-state index in [1.54, 1.807) is 24.3 Å². The Morgan fingerprint density at radius 2 is 2.00 bits per heavy atom. The maximum Gasteiger partial charge on any atom is 0.336 e. The molecule has 29 heavy (non-hydrogen) atoms. The van der Waals surface area contributed by atoms with Gasteiger partial charge in [0.05, 0.1) is 28.4 Å². The number of nitrogens with one attached hydrogen (secondary N) is 1. The van der Waals surface area contributed by atoms with E-state index in [-0.39, 0.29) is 12.5 Å². The van der Waals surface area contributed by atoms with Crippen molar-refractivity contribution in [1.82, 2.24) is 10.3 Å². The van der Waals surface area contributed by atoms with E-state index in [1.165, 1.54) is 0 Å². The minimum absolute atomic E-state index is 0.259. The van der Waals surface area contributed by atoms with Gasteiger partial charge in [0.15, 0.2) is 5.54 Å². The summed E-state index contributed by atoms with van der Waals surface area (Å²) in [6.45, 7) is 3.84. The first-order valence-corrected chi connectivity index (χ1v) is 10.5. The number of amides is 1. The highest BCUT2D eigenvalue weighted by molar-refractivity contribution is 7.13. The number of carbonyl (C=O) groups is 2. The van der Waals surface area contributed by atoms with Crippen LogP contribution in [0.1, 0.15) is 40.5 Å². The third-order valence-corrected chi connectivity index (χ3v) is 6.19. The number of pyridine rings is 1. The molecular weight excluding hydrogens is 384 g/mol. The fourth-order valence-electron chi connectivity index (χ4n) is 3.88. The second-order valence-electron chi connectivity index (χ2n) is 7.04. The van der Waals surface area contributed by atoms with Crippen molar-refractivity contribution in [1.29, 1.82) is 0 Å². The van der Waals surface area contributed by atoms with Crippen molar-refractivity contribution in [3.05, 3.63) is 76.3 Å². The van der Waals surface area contributed by atoms with Crippen LogP contribution in [0.25, 0.3) is 10.6 Å². The number of aryl methyl sites for hydroxylation is 2. The van der Waals surface area contributed by atoms with E-state index in [0.29, 0.717) is 24.1 Å². The Hall–Kier alpha value is -2.99. The molecule has 0 spiro atoms. The summed E-state index contributed by atoms with van der Waals surface area (Å²) in [6.07, 6.45) is 1.19. The van der Waals surface area contributed by atoms with Gasteiger partial charge in [-0.25, -0.2) is 4.79 Å². The van der Waals surface area contributed by atoms with Gasteiger partial charge in [-0.05, 0) is 61.4 Å². The fraction of sp³-hybridized carbons (Fsp3) is 0.261. The first-order chi connectivity index (χ1) is 14.0. The number of fused-ring (bicyclic) bond motifs is 1. The number of rotatable bonds is 5. The van der Waals surface area contributed by atoms with Crippen LogP contribution < -0.4 is 5.32 Å². The molecule has 1 unspecified atom stereocenters. The lowest BCUT2D eigenvalue weighted by Gasteiger charge is -2.29. The van der Waals surface area contributed by atoms with Crippen molar-refractivity contribution < 1.29 is 14.3 Å². The minimum atomic E-state index is -1.16. The van der Waals surface area contributed by atoms with E-state index >= 15 is 0 Å². The first-order valence-electron chi connectivity index (χ1n) is 9.65. The highest BCUT2D eigenvalue weighted by Crippen LogP contribution is 2.38. The number of benzene rings is 1. The molecule has 4 rings (SSSR count). The molecule has 0 fully saturated rings. The van der Waals surface area contributed by atoms with E-state index in [0.717, 1.165) is 21.7 Å². The van der Waals surface area contributed by atoms with Crippen LogP contribution in [0.2, 0.25) is 0 Å². The lowest BCUT2D eigenvalue weighted by Crippen LogP contribution is -2.51. The molecule has 6 heteroatoms. The van der Waals surface area contributed by atoms with Gasteiger partial charge in [-0.1, -0.05) is 30.3 Å². The van der Waals surface area contributed by atoms with Crippen molar-refractivity contribution in [3.8, 4) is 10.6 Å². The summed E-state index contributed by atoms with van der Waals surface area (Å²) in [7, 11) is 0. The van der Waals surface area contributed by atoms with Gasteiger partial charge in [-0.2, -0.15) is 0 Å². The maximum atomic E-state index is 13.2. The zero-order valence-electron chi connectivity index (χ0n) is 16.4. The normalized spacial score (nSPS) is 17.6. The molecule has 0 radical (unpaired) electrons. The lowest BCUT2D eigenvalue weighted by molar-refractivity contribution is -0.151. The summed E-state index contributed by atoms with van der Waals surface area (Å²) in [5, 5.41) is 4.99. The smallest absolute Gasteiger partial charge is 0.336 e. The average molecular weight is 407 g/mol. The van der Waals surface area contributed by atoms with Crippen molar-refractivity contribution in [2.75, 3.05) is 6.61 Å². The number of ether oxygens (including phenoxy) is 1. The second kappa shape index (κ2) is 7.79. The van der Waals surface area contributed by atoms with Crippen molar-refractivity contribution in [2.45, 2.75) is 32.2 Å². The van der Waals surface area contributed by atoms with Gasteiger partial charge in [0.2, 0.25) is 0 Å². The van der Waals surface area contributed by atoms with Crippen molar-refractivity contribution in [3.63, 3.8) is 0 Å². The van der Waals surface area contributed by atoms with Crippen LogP contribution in [-0.2, 0) is 21.5 Å². The molecule has 2 heterocycles. The zero-order valence-corrected chi connectivity index (χ0v) is 17.2. The Bertz CT molecular complexity index is 1060. The van der Waals surface area contributed by atoms with Crippen LogP contribution in [0, 0.1) is 6.92 Å². The fourth-order valence-corrected chi connectivity index (χ4v) is 4.58. The summed E-state index contributed by atoms with van der Waals surface area (Å²) < 4.78 is 5.35. The Labute approximate surface area is 173 Å². The van der Waals surface area contributed by atoms with E-state index in [2.05, 4.69) is 10.3 Å². The zero-order chi connectivity index (χ0) is 20.4. The molecule has 1 aliphatic carbocycles. The molecule has 1 aliphatic rings. The number of thiophene rings is 1. The minimum Gasteiger partial charge on any atom is -0.464 e. The summed E-state index contributed by atoms with van der Waals surface area (Å²) in [6, 6.07) is 15.3. The molecule has 0 aliphatic heterocycles. The summed E-state index contributed by atoms with van der Waals surface area (Å²) in [5.74, 6) is -0.739. The Morgan fingerprint density at radius 3 is 2.72 bits per heavy atom. The van der Waals surface area contributed by atoms with Gasteiger partial charge >= 0.3 is 5.97 Å². The third kappa shape index (κ3) is 3.44. The van der Waals surface area contributed by atoms with Crippen LogP contribution in [0.15, 0.2) is 53.9 Å². The Kier molecular flexibility index (Phi) is 5.20. The number of hydrogen-bond donors (Lipinski definition) is 1. The summed E-state index contributed by atoms with van der Waals surface area (Å²) in [5.41, 5.74) is 2.62. The Morgan fingerprint density at radius 1 is 1.17 bits per heavy atom. The molecule has 1 amide bonds. The molecule has 3 aromatic rings. The molecule has 1 atom stereocenters. The number of hydrogen-bond acceptors (Lipinski definition) is 5. The van der Waals surface area contributed by atoms with Gasteiger partial charge in [-0.3, -0.25) is 9.78 Å². The predicted molar refractivity (Wildman–Crippen MR) is 113 cm³/mol. The van der Waals surface area contributed by atoms with E-state index in [1.807, 2.05) is 54.8 Å². The quantitative estimate of drug-likeness (QED) is 0.643. The highest BCUT2D eigenvalue weighted by atomic mass is 32.1. The van der Waals surface area contributed by atoms with Crippen LogP contribution in [-0.4, -0.2) is 23.5 Å². The lowest BCUT2D eigenvalue weighted by atomic mass is 9.91. The van der Waals surface area contributed by atoms with Crippen LogP contribution in [0.5, 0.6) is 0 Å². The van der Waals surface area contributed by atoms with Gasteiger partial charge in [-0.15, -0.1) is 11.3 Å². The van der Waals surface area contributed by atoms with Gasteiger partial charge in [0.25, 0.3) is 5.91 Å². The van der Waals surface area contributed by atoms with Gasteiger partial charge < -0.3 is 10.1 Å². The van der Waals surface area contributed by atoms with Crippen LogP contribution in [0.4, 0.5) is 0 Å². The third-order valence-electron chi connectivity index (χ3n) is 5.30. The Balaban J connectivity index is 1.67.